The summed E-state index contributed by atoms with van der Waals surface area (Å²) in [4.78, 5) is 29.0. The Morgan fingerprint density at radius 2 is 1.86 bits per heavy atom. The molecule has 7 heteroatoms. The number of carbonyl (C=O) groups excluding carboxylic acids is 2. The first kappa shape index (κ1) is 18.9. The molecule has 22 heavy (non-hydrogen) atoms. The van der Waals surface area contributed by atoms with Crippen molar-refractivity contribution in [2.75, 3.05) is 7.11 Å². The molecule has 0 radical (unpaired) electrons. The molecule has 0 fully saturated rings. The van der Waals surface area contributed by atoms with Gasteiger partial charge in [0.25, 0.3) is 5.97 Å². The van der Waals surface area contributed by atoms with Gasteiger partial charge in [-0.3, -0.25) is 14.4 Å². The van der Waals surface area contributed by atoms with Gasteiger partial charge in [0.2, 0.25) is 0 Å². The molecule has 2 aromatic rings. The summed E-state index contributed by atoms with van der Waals surface area (Å²) in [6.07, 6.45) is 2.83. The van der Waals surface area contributed by atoms with Crippen LogP contribution in [0.4, 0.5) is 0 Å². The zero-order chi connectivity index (χ0) is 17.0. The van der Waals surface area contributed by atoms with E-state index in [1.165, 1.54) is 31.6 Å². The normalized spacial score (nSPS) is 8.45. The lowest BCUT2D eigenvalue weighted by molar-refractivity contribution is -0.134. The molecule has 0 aliphatic heterocycles. The summed E-state index contributed by atoms with van der Waals surface area (Å²) >= 11 is 0. The molecule has 0 aliphatic carbocycles. The van der Waals surface area contributed by atoms with E-state index in [1.807, 2.05) is 0 Å². The van der Waals surface area contributed by atoms with Gasteiger partial charge in [0.05, 0.1) is 13.4 Å². The molecule has 0 aliphatic rings. The molecule has 0 saturated heterocycles. The number of furan rings is 1. The van der Waals surface area contributed by atoms with Crippen LogP contribution in [0, 0.1) is 0 Å². The molecule has 0 amide bonds. The minimum absolute atomic E-state index is 0.0399. The van der Waals surface area contributed by atoms with Crippen LogP contribution in [0.25, 0.3) is 0 Å². The maximum atomic E-state index is 10.2. The van der Waals surface area contributed by atoms with Crippen molar-refractivity contribution in [2.45, 2.75) is 6.92 Å². The SMILES string of the molecule is CC(=O)O.COc1cc(C=O)ccc1O.O=Cc1ccco1. The second-order valence-electron chi connectivity index (χ2n) is 3.70. The van der Waals surface area contributed by atoms with Gasteiger partial charge in [0, 0.05) is 12.5 Å². The molecule has 7 nitrogen and oxygen atoms in total. The fourth-order valence-corrected chi connectivity index (χ4v) is 1.13. The minimum Gasteiger partial charge on any atom is -0.504 e. The standard InChI is InChI=1S/C8H8O3.C5H4O2.C2H4O2/c1-11-8-4-6(5-9)2-3-7(8)10;6-4-5-2-1-3-7-5;1-2(3)4/h2-5,10H,1H3;1-4H;1H3,(H,3,4). The van der Waals surface area contributed by atoms with Crippen molar-refractivity contribution in [1.82, 2.24) is 0 Å². The Hall–Kier alpha value is -3.09. The van der Waals surface area contributed by atoms with Crippen LogP contribution in [0.2, 0.25) is 0 Å². The number of hydrogen-bond acceptors (Lipinski definition) is 6. The summed E-state index contributed by atoms with van der Waals surface area (Å²) < 4.78 is 9.39. The molecule has 0 bridgehead atoms. The van der Waals surface area contributed by atoms with E-state index in [4.69, 9.17) is 19.7 Å². The number of methoxy groups -OCH3 is 1. The third-order valence-electron chi connectivity index (χ3n) is 2.00. The number of carboxylic acids is 1. The van der Waals surface area contributed by atoms with E-state index in [1.54, 1.807) is 12.1 Å². The highest BCUT2D eigenvalue weighted by Crippen LogP contribution is 2.25. The first-order valence-electron chi connectivity index (χ1n) is 5.95. The van der Waals surface area contributed by atoms with Crippen molar-refractivity contribution in [3.05, 3.63) is 47.9 Å². The van der Waals surface area contributed by atoms with Gasteiger partial charge in [-0.15, -0.1) is 0 Å². The number of aromatic hydroxyl groups is 1. The lowest BCUT2D eigenvalue weighted by atomic mass is 10.2. The number of hydrogen-bond donors (Lipinski definition) is 2. The van der Waals surface area contributed by atoms with Gasteiger partial charge < -0.3 is 19.4 Å². The molecular weight excluding hydrogens is 292 g/mol. The number of rotatable bonds is 3. The van der Waals surface area contributed by atoms with Crippen molar-refractivity contribution in [1.29, 1.82) is 0 Å². The molecule has 2 N–H and O–H groups in total. The first-order chi connectivity index (χ1) is 10.4. The summed E-state index contributed by atoms with van der Waals surface area (Å²) in [7, 11) is 1.43. The Bertz CT molecular complexity index is 584. The molecule has 0 atom stereocenters. The molecule has 1 aromatic heterocycles. The lowest BCUT2D eigenvalue weighted by Gasteiger charge is -2.01. The van der Waals surface area contributed by atoms with E-state index in [-0.39, 0.29) is 5.75 Å². The van der Waals surface area contributed by atoms with E-state index in [0.717, 1.165) is 6.92 Å². The summed E-state index contributed by atoms with van der Waals surface area (Å²) in [5, 5.41) is 16.5. The third-order valence-corrected chi connectivity index (χ3v) is 2.00. The van der Waals surface area contributed by atoms with E-state index < -0.39 is 5.97 Å². The number of carbonyl (C=O) groups is 3. The fraction of sp³-hybridized carbons (Fsp3) is 0.133. The van der Waals surface area contributed by atoms with Crippen LogP contribution >= 0.6 is 0 Å². The Balaban J connectivity index is 0.000000343. The second-order valence-corrected chi connectivity index (χ2v) is 3.70. The maximum Gasteiger partial charge on any atom is 0.300 e. The van der Waals surface area contributed by atoms with Crippen LogP contribution < -0.4 is 4.74 Å². The summed E-state index contributed by atoms with van der Waals surface area (Å²) in [6, 6.07) is 7.69. The van der Waals surface area contributed by atoms with Gasteiger partial charge in [-0.25, -0.2) is 0 Å². The largest absolute Gasteiger partial charge is 0.504 e. The smallest absolute Gasteiger partial charge is 0.300 e. The number of aliphatic carboxylic acids is 1. The summed E-state index contributed by atoms with van der Waals surface area (Å²) in [5.41, 5.74) is 0.486. The van der Waals surface area contributed by atoms with Crippen molar-refractivity contribution in [2.24, 2.45) is 0 Å². The first-order valence-corrected chi connectivity index (χ1v) is 5.95. The zero-order valence-corrected chi connectivity index (χ0v) is 12.1. The van der Waals surface area contributed by atoms with Crippen molar-refractivity contribution < 1.29 is 33.8 Å². The van der Waals surface area contributed by atoms with Gasteiger partial charge in [-0.05, 0) is 30.3 Å². The Labute approximate surface area is 126 Å². The second kappa shape index (κ2) is 10.7. The highest BCUT2D eigenvalue weighted by atomic mass is 16.5. The van der Waals surface area contributed by atoms with Crippen LogP contribution in [0.15, 0.2) is 41.0 Å². The molecule has 0 saturated carbocycles. The van der Waals surface area contributed by atoms with Crippen molar-refractivity contribution >= 4 is 18.5 Å². The van der Waals surface area contributed by atoms with E-state index in [9.17, 15) is 9.59 Å². The quantitative estimate of drug-likeness (QED) is 0.837. The maximum absolute atomic E-state index is 10.2. The predicted octanol–water partition coefficient (Wildman–Crippen LogP) is 2.40. The molecule has 2 rings (SSSR count). The van der Waals surface area contributed by atoms with E-state index >= 15 is 0 Å². The van der Waals surface area contributed by atoms with Gasteiger partial charge in [0.15, 0.2) is 23.5 Å². The number of phenolic OH excluding ortho intramolecular Hbond substituents is 1. The monoisotopic (exact) mass is 308 g/mol. The number of ether oxygens (including phenoxy) is 1. The highest BCUT2D eigenvalue weighted by molar-refractivity contribution is 5.76. The topological polar surface area (TPSA) is 114 Å². The average molecular weight is 308 g/mol. The Kier molecular flexibility index (Phi) is 9.17. The van der Waals surface area contributed by atoms with Crippen LogP contribution in [-0.4, -0.2) is 35.9 Å². The van der Waals surface area contributed by atoms with Crippen LogP contribution in [0.1, 0.15) is 27.8 Å². The zero-order valence-electron chi connectivity index (χ0n) is 12.1. The molecule has 1 aromatic carbocycles. The van der Waals surface area contributed by atoms with Crippen LogP contribution in [0.5, 0.6) is 11.5 Å². The van der Waals surface area contributed by atoms with Gasteiger partial charge in [0.1, 0.15) is 6.29 Å². The minimum atomic E-state index is -0.833. The van der Waals surface area contributed by atoms with E-state index in [2.05, 4.69) is 4.42 Å². The summed E-state index contributed by atoms with van der Waals surface area (Å²) in [5.74, 6) is -0.104. The average Bonchev–Trinajstić information content (AvgIpc) is 3.01. The molecule has 1 heterocycles. The molecular formula is C15H16O7. The van der Waals surface area contributed by atoms with Gasteiger partial charge in [-0.1, -0.05) is 0 Å². The number of benzene rings is 1. The predicted molar refractivity (Wildman–Crippen MR) is 77.5 cm³/mol. The number of aldehydes is 2. The Morgan fingerprint density at radius 1 is 1.23 bits per heavy atom. The molecule has 118 valence electrons. The number of carboxylic acid groups (broad SMARTS) is 1. The number of phenols is 1. The highest BCUT2D eigenvalue weighted by Gasteiger charge is 2.00. The van der Waals surface area contributed by atoms with Crippen molar-refractivity contribution in [3.8, 4) is 11.5 Å². The fourth-order valence-electron chi connectivity index (χ4n) is 1.13. The van der Waals surface area contributed by atoms with Crippen LogP contribution in [0.3, 0.4) is 0 Å². The molecule has 0 unspecified atom stereocenters. The van der Waals surface area contributed by atoms with Gasteiger partial charge >= 0.3 is 0 Å². The third kappa shape index (κ3) is 8.16. The van der Waals surface area contributed by atoms with E-state index in [0.29, 0.717) is 29.6 Å². The van der Waals surface area contributed by atoms with Gasteiger partial charge in [-0.2, -0.15) is 0 Å². The Morgan fingerprint density at radius 3 is 2.23 bits per heavy atom. The van der Waals surface area contributed by atoms with Crippen molar-refractivity contribution in [3.63, 3.8) is 0 Å². The summed E-state index contributed by atoms with van der Waals surface area (Å²) in [6.45, 7) is 1.08. The lowest BCUT2D eigenvalue weighted by Crippen LogP contribution is -1.85. The van der Waals surface area contributed by atoms with Crippen LogP contribution in [-0.2, 0) is 4.79 Å². The molecule has 0 spiro atoms.